The van der Waals surface area contributed by atoms with Gasteiger partial charge in [0.05, 0.1) is 16.6 Å². The quantitative estimate of drug-likeness (QED) is 0.370. The number of amidine groups is 1. The fraction of sp³-hybridized carbons (Fsp3) is 0.389. The van der Waals surface area contributed by atoms with Crippen molar-refractivity contribution in [2.75, 3.05) is 7.05 Å². The molecule has 0 amide bonds. The van der Waals surface area contributed by atoms with E-state index in [1.165, 1.54) is 11.8 Å². The zero-order valence-corrected chi connectivity index (χ0v) is 15.8. The van der Waals surface area contributed by atoms with E-state index in [4.69, 9.17) is 11.1 Å². The summed E-state index contributed by atoms with van der Waals surface area (Å²) in [6.07, 6.45) is 14.3. The van der Waals surface area contributed by atoms with Crippen LogP contribution >= 0.6 is 11.8 Å². The molecule has 0 spiro atoms. The summed E-state index contributed by atoms with van der Waals surface area (Å²) in [5, 5.41) is 10.1. The molecule has 0 aromatic heterocycles. The summed E-state index contributed by atoms with van der Waals surface area (Å²) in [6, 6.07) is 0.145. The van der Waals surface area contributed by atoms with Crippen molar-refractivity contribution in [3.05, 3.63) is 46.7 Å². The van der Waals surface area contributed by atoms with Crippen molar-refractivity contribution in [3.63, 3.8) is 0 Å². The topological polar surface area (TPSA) is 89.9 Å². The molecule has 1 atom stereocenters. The molecule has 0 bridgehead atoms. The van der Waals surface area contributed by atoms with E-state index < -0.39 is 0 Å². The van der Waals surface area contributed by atoms with Crippen molar-refractivity contribution in [1.29, 1.82) is 5.41 Å². The summed E-state index contributed by atoms with van der Waals surface area (Å²) in [6.45, 7) is 4.27. The van der Waals surface area contributed by atoms with Gasteiger partial charge in [-0.3, -0.25) is 15.4 Å². The third kappa shape index (κ3) is 4.70. The van der Waals surface area contributed by atoms with Crippen LogP contribution in [0.5, 0.6) is 0 Å². The summed E-state index contributed by atoms with van der Waals surface area (Å²) in [7, 11) is 1.79. The molecule has 0 saturated carbocycles. The Bertz CT molecular complexity index is 684. The van der Waals surface area contributed by atoms with Gasteiger partial charge in [-0.1, -0.05) is 43.7 Å². The van der Waals surface area contributed by atoms with Gasteiger partial charge in [0.2, 0.25) is 0 Å². The lowest BCUT2D eigenvalue weighted by molar-refractivity contribution is 0.359. The van der Waals surface area contributed by atoms with Crippen molar-refractivity contribution < 1.29 is 0 Å². The number of aliphatic imine (C=N–C) groups is 2. The molecular formula is C18H26N6S. The summed E-state index contributed by atoms with van der Waals surface area (Å²) < 4.78 is 0. The van der Waals surface area contributed by atoms with E-state index in [1.54, 1.807) is 7.05 Å². The molecule has 0 aromatic carbocycles. The monoisotopic (exact) mass is 358 g/mol. The van der Waals surface area contributed by atoms with Crippen LogP contribution in [0.2, 0.25) is 0 Å². The Morgan fingerprint density at radius 1 is 1.48 bits per heavy atom. The van der Waals surface area contributed by atoms with Crippen molar-refractivity contribution in [1.82, 2.24) is 10.4 Å². The van der Waals surface area contributed by atoms with Gasteiger partial charge in [-0.2, -0.15) is 0 Å². The molecule has 1 unspecified atom stereocenters. The highest BCUT2D eigenvalue weighted by Crippen LogP contribution is 2.32. The number of rotatable bonds is 7. The van der Waals surface area contributed by atoms with Crippen molar-refractivity contribution in [2.24, 2.45) is 15.7 Å². The van der Waals surface area contributed by atoms with Gasteiger partial charge in [0.25, 0.3) is 0 Å². The lowest BCUT2D eigenvalue weighted by Crippen LogP contribution is -2.32. The first kappa shape index (κ1) is 19.2. The fourth-order valence-corrected chi connectivity index (χ4v) is 3.71. The number of thioether (sulfide) groups is 1. The van der Waals surface area contributed by atoms with Gasteiger partial charge < -0.3 is 5.73 Å². The normalized spacial score (nSPS) is 21.2. The number of hydrazine groups is 1. The average Bonchev–Trinajstić information content (AvgIpc) is 2.94. The Morgan fingerprint density at radius 3 is 2.96 bits per heavy atom. The van der Waals surface area contributed by atoms with E-state index in [9.17, 15) is 0 Å². The van der Waals surface area contributed by atoms with E-state index >= 15 is 0 Å². The Labute approximate surface area is 153 Å². The van der Waals surface area contributed by atoms with Crippen molar-refractivity contribution >= 4 is 29.0 Å². The zero-order valence-electron chi connectivity index (χ0n) is 15.0. The minimum absolute atomic E-state index is 0.145. The van der Waals surface area contributed by atoms with Crippen LogP contribution in [0, 0.1) is 5.41 Å². The van der Waals surface area contributed by atoms with Crippen LogP contribution in [0.3, 0.4) is 0 Å². The summed E-state index contributed by atoms with van der Waals surface area (Å²) in [5.74, 6) is 0.359. The number of hydrogen-bond acceptors (Lipinski definition) is 5. The standard InChI is InChI=1S/C18H26N6S/c1-4-5-6-10-15(17(20)22-12-19)25-18(21-3)16-13(2)23-24-11-8-7-9-14(16)24/h7-13,23H,4-6H2,1-3H3,(H3,19,20,22)/b15-10+,21-18?. The number of nitrogens with one attached hydrogen (secondary N) is 2. The number of allylic oxidation sites excluding steroid dienone is 4. The number of fused-ring (bicyclic) bond motifs is 1. The van der Waals surface area contributed by atoms with Gasteiger partial charge in [0, 0.05) is 18.8 Å². The molecule has 0 aliphatic carbocycles. The zero-order chi connectivity index (χ0) is 18.2. The highest BCUT2D eigenvalue weighted by atomic mass is 32.2. The molecule has 2 aliphatic rings. The molecule has 2 heterocycles. The highest BCUT2D eigenvalue weighted by molar-refractivity contribution is 8.18. The minimum atomic E-state index is 0.145. The molecule has 0 fully saturated rings. The van der Waals surface area contributed by atoms with Gasteiger partial charge in [-0.15, -0.1) is 0 Å². The average molecular weight is 359 g/mol. The maximum atomic E-state index is 7.18. The SMILES string of the molecule is CCCC/C=C(/SC(=NC)C1=C2C=CC=CN2NC1C)C(N)=NC=N. The predicted octanol–water partition coefficient (Wildman–Crippen LogP) is 3.33. The van der Waals surface area contributed by atoms with Gasteiger partial charge in [-0.25, -0.2) is 10.4 Å². The Hall–Kier alpha value is -2.12. The van der Waals surface area contributed by atoms with Crippen LogP contribution in [0.15, 0.2) is 56.7 Å². The van der Waals surface area contributed by atoms with E-state index in [2.05, 4.69) is 41.4 Å². The Balaban J connectivity index is 2.31. The van der Waals surface area contributed by atoms with Crippen molar-refractivity contribution in [2.45, 2.75) is 39.2 Å². The van der Waals surface area contributed by atoms with Gasteiger partial charge in [0.1, 0.15) is 17.2 Å². The molecule has 25 heavy (non-hydrogen) atoms. The molecule has 4 N–H and O–H groups in total. The second-order valence-electron chi connectivity index (χ2n) is 5.71. The van der Waals surface area contributed by atoms with E-state index in [0.717, 1.165) is 46.8 Å². The first-order valence-corrected chi connectivity index (χ1v) is 9.26. The Morgan fingerprint density at radius 2 is 2.28 bits per heavy atom. The molecule has 0 aromatic rings. The van der Waals surface area contributed by atoms with E-state index in [1.807, 2.05) is 23.4 Å². The van der Waals surface area contributed by atoms with Crippen LogP contribution in [-0.4, -0.2) is 35.3 Å². The summed E-state index contributed by atoms with van der Waals surface area (Å²) in [4.78, 5) is 9.31. The molecule has 0 saturated heterocycles. The van der Waals surface area contributed by atoms with Gasteiger partial charge in [0.15, 0.2) is 0 Å². The summed E-state index contributed by atoms with van der Waals surface area (Å²) in [5.41, 5.74) is 11.7. The lowest BCUT2D eigenvalue weighted by Gasteiger charge is -2.18. The first-order valence-electron chi connectivity index (χ1n) is 8.44. The minimum Gasteiger partial charge on any atom is -0.383 e. The summed E-state index contributed by atoms with van der Waals surface area (Å²) >= 11 is 1.51. The third-order valence-electron chi connectivity index (χ3n) is 3.89. The molecular weight excluding hydrogens is 332 g/mol. The number of nitrogens with zero attached hydrogens (tertiary/aromatic N) is 3. The second kappa shape index (κ2) is 9.39. The number of hydrogen-bond donors (Lipinski definition) is 3. The molecule has 0 radical (unpaired) electrons. The predicted molar refractivity (Wildman–Crippen MR) is 109 cm³/mol. The fourth-order valence-electron chi connectivity index (χ4n) is 2.66. The van der Waals surface area contributed by atoms with E-state index in [0.29, 0.717) is 5.84 Å². The van der Waals surface area contributed by atoms with Crippen molar-refractivity contribution in [3.8, 4) is 0 Å². The van der Waals surface area contributed by atoms with Gasteiger partial charge in [-0.05, 0) is 25.5 Å². The number of nitrogens with two attached hydrogens (primary N) is 1. The smallest absolute Gasteiger partial charge is 0.138 e. The maximum absolute atomic E-state index is 7.18. The van der Waals surface area contributed by atoms with Crippen LogP contribution < -0.4 is 11.2 Å². The third-order valence-corrected chi connectivity index (χ3v) is 5.08. The van der Waals surface area contributed by atoms with Crippen LogP contribution in [0.1, 0.15) is 33.1 Å². The molecule has 2 rings (SSSR count). The Kier molecular flexibility index (Phi) is 7.21. The molecule has 7 heteroatoms. The van der Waals surface area contributed by atoms with Crippen LogP contribution in [0.25, 0.3) is 0 Å². The second-order valence-corrected chi connectivity index (χ2v) is 6.74. The molecule has 134 valence electrons. The van der Waals surface area contributed by atoms with Crippen LogP contribution in [0.4, 0.5) is 0 Å². The van der Waals surface area contributed by atoms with E-state index in [-0.39, 0.29) is 6.04 Å². The molecule has 6 nitrogen and oxygen atoms in total. The lowest BCUT2D eigenvalue weighted by atomic mass is 10.1. The van der Waals surface area contributed by atoms with Gasteiger partial charge >= 0.3 is 0 Å². The maximum Gasteiger partial charge on any atom is 0.138 e. The molecule has 2 aliphatic heterocycles. The largest absolute Gasteiger partial charge is 0.383 e. The van der Waals surface area contributed by atoms with Crippen LogP contribution in [-0.2, 0) is 0 Å². The number of unbranched alkanes of at least 4 members (excludes halogenated alkanes) is 2. The first-order chi connectivity index (χ1) is 12.1. The highest BCUT2D eigenvalue weighted by Gasteiger charge is 2.30.